The van der Waals surface area contributed by atoms with Crippen molar-refractivity contribution in [2.24, 2.45) is 0 Å². The number of hydrogen-bond acceptors (Lipinski definition) is 7. The van der Waals surface area contributed by atoms with Crippen molar-refractivity contribution in [1.82, 2.24) is 0 Å². The van der Waals surface area contributed by atoms with Gasteiger partial charge in [-0.15, -0.1) is 0 Å². The quantitative estimate of drug-likeness (QED) is 0.0639. The maximum absolute atomic E-state index is 13.3. The minimum Gasteiger partial charge on any atom is -0.744 e. The monoisotopic (exact) mass is 1090 g/mol. The van der Waals surface area contributed by atoms with E-state index in [0.717, 1.165) is 3.57 Å². The molecule has 0 bridgehead atoms. The van der Waals surface area contributed by atoms with E-state index in [1.165, 1.54) is 12.1 Å². The van der Waals surface area contributed by atoms with E-state index in [9.17, 15) is 22.6 Å². The van der Waals surface area contributed by atoms with Crippen molar-refractivity contribution in [2.45, 2.75) is 4.90 Å². The van der Waals surface area contributed by atoms with Gasteiger partial charge in [0.25, 0.3) is 0 Å². The average molecular weight is 1090 g/mol. The molecular formula is C20H6Br4I3O7S-. The number of benzene rings is 3. The van der Waals surface area contributed by atoms with Crippen LogP contribution in [0, 0.1) is 10.7 Å². The molecule has 3 rings (SSSR count). The normalized spacial score (nSPS) is 11.3. The Morgan fingerprint density at radius 3 is 1.51 bits per heavy atom. The molecule has 35 heavy (non-hydrogen) atoms. The molecule has 0 saturated heterocycles. The lowest BCUT2D eigenvalue weighted by molar-refractivity contribution is 0.0690. The summed E-state index contributed by atoms with van der Waals surface area (Å²) in [5.41, 5.74) is -0.258. The fourth-order valence-corrected chi connectivity index (χ4v) is 9.39. The second-order valence-corrected chi connectivity index (χ2v) is 14.5. The number of esters is 2. The van der Waals surface area contributed by atoms with Crippen LogP contribution in [0.2, 0.25) is 0 Å². The molecule has 0 aromatic heterocycles. The fourth-order valence-electron chi connectivity index (χ4n) is 2.67. The van der Waals surface area contributed by atoms with Gasteiger partial charge in [0.05, 0.1) is 16.0 Å². The minimum atomic E-state index is -4.73. The molecule has 0 spiro atoms. The first kappa shape index (κ1) is 30.2. The van der Waals surface area contributed by atoms with Gasteiger partial charge in [-0.25, -0.2) is 18.0 Å². The second-order valence-electron chi connectivity index (χ2n) is 6.41. The van der Waals surface area contributed by atoms with Crippen molar-refractivity contribution in [3.63, 3.8) is 0 Å². The van der Waals surface area contributed by atoms with E-state index < -0.39 is 27.0 Å². The minimum absolute atomic E-state index is 0.0183. The van der Waals surface area contributed by atoms with E-state index in [4.69, 9.17) is 9.47 Å². The third-order valence-electron chi connectivity index (χ3n) is 4.13. The van der Waals surface area contributed by atoms with Crippen LogP contribution < -0.4 is 9.47 Å². The molecule has 0 aliphatic heterocycles. The topological polar surface area (TPSA) is 110 Å². The van der Waals surface area contributed by atoms with E-state index in [-0.39, 0.29) is 38.7 Å². The summed E-state index contributed by atoms with van der Waals surface area (Å²) in [6, 6.07) is 9.23. The number of carbonyl (C=O) groups is 2. The molecule has 15 heteroatoms. The first-order valence-corrected chi connectivity index (χ1v) is 16.5. The van der Waals surface area contributed by atoms with E-state index in [2.05, 4.69) is 86.3 Å². The summed E-state index contributed by atoms with van der Waals surface area (Å²) in [6.45, 7) is 0. The van der Waals surface area contributed by atoms with Gasteiger partial charge in [-0.3, -0.25) is 0 Å². The first-order valence-electron chi connectivity index (χ1n) is 8.73. The van der Waals surface area contributed by atoms with E-state index in [1.807, 2.05) is 0 Å². The molecule has 0 saturated carbocycles. The predicted octanol–water partition coefficient (Wildman–Crippen LogP) is 7.89. The molecule has 0 aliphatic rings. The summed E-state index contributed by atoms with van der Waals surface area (Å²) in [6.07, 6.45) is 0. The van der Waals surface area contributed by atoms with Crippen molar-refractivity contribution in [1.29, 1.82) is 0 Å². The number of rotatable bonds is 5. The van der Waals surface area contributed by atoms with Crippen LogP contribution in [0.25, 0.3) is 0 Å². The van der Waals surface area contributed by atoms with Gasteiger partial charge in [-0.1, -0.05) is 0 Å². The zero-order valence-corrected chi connectivity index (χ0v) is 30.0. The van der Waals surface area contributed by atoms with Crippen LogP contribution in [-0.2, 0) is 10.1 Å². The Labute approximate surface area is 274 Å². The lowest BCUT2D eigenvalue weighted by atomic mass is 10.1. The highest BCUT2D eigenvalue weighted by molar-refractivity contribution is 14.1. The van der Waals surface area contributed by atoms with Crippen LogP contribution >= 0.6 is 131 Å². The van der Waals surface area contributed by atoms with Gasteiger partial charge < -0.3 is 14.0 Å². The molecule has 0 aliphatic carbocycles. The Morgan fingerprint density at radius 1 is 0.714 bits per heavy atom. The highest BCUT2D eigenvalue weighted by atomic mass is 127. The third-order valence-corrected chi connectivity index (χ3v) is 13.0. The largest absolute Gasteiger partial charge is 0.744 e. The Bertz CT molecular complexity index is 1460. The zero-order chi connectivity index (χ0) is 26.2. The summed E-state index contributed by atoms with van der Waals surface area (Å²) in [7, 11) is -4.73. The van der Waals surface area contributed by atoms with E-state index in [0.29, 0.717) is 8.95 Å². The molecule has 3 aromatic rings. The summed E-state index contributed by atoms with van der Waals surface area (Å²) in [5.74, 6) is -1.49. The van der Waals surface area contributed by atoms with Crippen molar-refractivity contribution < 1.29 is 32.0 Å². The Balaban J connectivity index is 2.08. The molecule has 7 nitrogen and oxygen atoms in total. The Morgan fingerprint density at radius 2 is 1.11 bits per heavy atom. The Hall–Kier alpha value is 0.620. The van der Waals surface area contributed by atoms with Crippen LogP contribution in [0.1, 0.15) is 20.7 Å². The zero-order valence-electron chi connectivity index (χ0n) is 16.4. The molecule has 0 atom stereocenters. The number of carbonyl (C=O) groups excluding carboxylic acids is 2. The molecule has 0 unspecified atom stereocenters. The van der Waals surface area contributed by atoms with Crippen LogP contribution in [0.15, 0.2) is 59.2 Å². The lowest BCUT2D eigenvalue weighted by Gasteiger charge is -2.17. The number of hydrogen-bond donors (Lipinski definition) is 0. The van der Waals surface area contributed by atoms with Crippen LogP contribution in [-0.4, -0.2) is 24.9 Å². The summed E-state index contributed by atoms with van der Waals surface area (Å²) < 4.78 is 48.0. The second kappa shape index (κ2) is 12.2. The summed E-state index contributed by atoms with van der Waals surface area (Å²) in [4.78, 5) is 26.0. The fraction of sp³-hybridized carbons (Fsp3) is 0. The molecular weight excluding hydrogens is 1080 g/mol. The maximum Gasteiger partial charge on any atom is 0.345 e. The van der Waals surface area contributed by atoms with Gasteiger partial charge in [0.2, 0.25) is 0 Å². The highest BCUT2D eigenvalue weighted by Crippen LogP contribution is 2.43. The SMILES string of the molecule is O=C(Oc1ccc(I)cc1)c1c(Br)c(Br)c(Br)c(Br)c1C(=O)Oc1cc(I)c(S(=O)(=O)[O-])c(I)c1. The molecule has 0 radical (unpaired) electrons. The summed E-state index contributed by atoms with van der Waals surface area (Å²) in [5, 5.41) is 0. The first-order chi connectivity index (χ1) is 16.2. The standard InChI is InChI=1S/C20H7Br4I3O7S/c21-14-12(19(28)33-8-3-1-7(25)2-4-8)13(15(22)17(24)16(14)23)20(29)34-9-5-10(26)18(11(27)6-9)35(30,31)32/h1-6H,(H,30,31,32)/p-1. The van der Waals surface area contributed by atoms with Gasteiger partial charge in [-0.2, -0.15) is 0 Å². The highest BCUT2D eigenvalue weighted by Gasteiger charge is 2.31. The van der Waals surface area contributed by atoms with Crippen LogP contribution in [0.5, 0.6) is 11.5 Å². The number of ether oxygens (including phenoxy) is 2. The maximum atomic E-state index is 13.3. The summed E-state index contributed by atoms with van der Waals surface area (Å²) >= 11 is 18.9. The molecule has 0 fully saturated rings. The Kier molecular flexibility index (Phi) is 10.5. The van der Waals surface area contributed by atoms with Gasteiger partial charge >= 0.3 is 11.9 Å². The molecule has 0 amide bonds. The molecule has 0 N–H and O–H groups in total. The van der Waals surface area contributed by atoms with Crippen molar-refractivity contribution in [3.8, 4) is 11.5 Å². The van der Waals surface area contributed by atoms with Gasteiger partial charge in [-0.05, 0) is 168 Å². The van der Waals surface area contributed by atoms with Crippen molar-refractivity contribution >= 4 is 154 Å². The van der Waals surface area contributed by atoms with Crippen molar-refractivity contribution in [3.05, 3.63) is 76.1 Å². The van der Waals surface area contributed by atoms with E-state index in [1.54, 1.807) is 69.4 Å². The predicted molar refractivity (Wildman–Crippen MR) is 166 cm³/mol. The average Bonchev–Trinajstić information content (AvgIpc) is 2.74. The smallest absolute Gasteiger partial charge is 0.345 e. The van der Waals surface area contributed by atoms with Crippen LogP contribution in [0.4, 0.5) is 0 Å². The van der Waals surface area contributed by atoms with E-state index >= 15 is 0 Å². The number of halogens is 7. The lowest BCUT2D eigenvalue weighted by Crippen LogP contribution is -2.20. The third kappa shape index (κ3) is 6.99. The molecule has 3 aromatic carbocycles. The molecule has 0 heterocycles. The van der Waals surface area contributed by atoms with Gasteiger partial charge in [0.15, 0.2) is 0 Å². The van der Waals surface area contributed by atoms with Gasteiger partial charge in [0.1, 0.15) is 21.6 Å². The molecule has 184 valence electrons. The van der Waals surface area contributed by atoms with Gasteiger partial charge in [0, 0.05) is 28.6 Å². The van der Waals surface area contributed by atoms with Crippen molar-refractivity contribution in [2.75, 3.05) is 0 Å². The van der Waals surface area contributed by atoms with Crippen LogP contribution in [0.3, 0.4) is 0 Å².